The number of ether oxygens (including phenoxy) is 2. The molecule has 0 aromatic rings. The molecule has 0 saturated heterocycles. The third-order valence-corrected chi connectivity index (χ3v) is 1.56. The molecule has 0 amide bonds. The van der Waals surface area contributed by atoms with E-state index in [4.69, 9.17) is 9.47 Å². The summed E-state index contributed by atoms with van der Waals surface area (Å²) in [6, 6.07) is 0. The van der Waals surface area contributed by atoms with Gasteiger partial charge in [-0.2, -0.15) is 0 Å². The number of carbonyl (C=O) groups excluding carboxylic acids is 2. The molecule has 0 aliphatic carbocycles. The summed E-state index contributed by atoms with van der Waals surface area (Å²) in [7, 11) is 0. The highest BCUT2D eigenvalue weighted by Crippen LogP contribution is 2.01. The van der Waals surface area contributed by atoms with Gasteiger partial charge in [-0.05, 0) is 13.8 Å². The van der Waals surface area contributed by atoms with Crippen molar-refractivity contribution in [3.8, 4) is 0 Å². The van der Waals surface area contributed by atoms with Gasteiger partial charge in [-0.3, -0.25) is 0 Å². The van der Waals surface area contributed by atoms with Crippen LogP contribution in [0.15, 0.2) is 24.3 Å². The second kappa shape index (κ2) is 6.79. The Morgan fingerprint density at radius 2 is 1.62 bits per heavy atom. The van der Waals surface area contributed by atoms with Gasteiger partial charge in [0.2, 0.25) is 0 Å². The summed E-state index contributed by atoms with van der Waals surface area (Å²) in [4.78, 5) is 22.1. The fourth-order valence-corrected chi connectivity index (χ4v) is 0.660. The van der Waals surface area contributed by atoms with Crippen LogP contribution in [-0.2, 0) is 24.2 Å². The van der Waals surface area contributed by atoms with Gasteiger partial charge in [0, 0.05) is 11.1 Å². The second-order valence-electron chi connectivity index (χ2n) is 3.35. The Kier molecular flexibility index (Phi) is 6.10. The third kappa shape index (κ3) is 5.31. The Hall–Kier alpha value is -1.62. The monoisotopic (exact) mass is 227 g/mol. The van der Waals surface area contributed by atoms with Crippen LogP contribution in [0.4, 0.5) is 0 Å². The van der Waals surface area contributed by atoms with E-state index >= 15 is 0 Å². The third-order valence-electron chi connectivity index (χ3n) is 1.56. The van der Waals surface area contributed by atoms with Gasteiger partial charge >= 0.3 is 11.9 Å². The second-order valence-corrected chi connectivity index (χ2v) is 3.35. The van der Waals surface area contributed by atoms with E-state index in [1.165, 1.54) is 13.8 Å². The van der Waals surface area contributed by atoms with Crippen LogP contribution in [0.2, 0.25) is 0 Å². The zero-order chi connectivity index (χ0) is 12.7. The number of esters is 2. The van der Waals surface area contributed by atoms with Gasteiger partial charge in [0.1, 0.15) is 13.2 Å². The Labute approximate surface area is 94.4 Å². The predicted octanol–water partition coefficient (Wildman–Crippen LogP) is 1.02. The predicted molar refractivity (Wildman–Crippen MR) is 56.0 cm³/mol. The summed E-state index contributed by atoms with van der Waals surface area (Å²) < 4.78 is 9.43. The molecule has 0 heterocycles. The number of hydrogen-bond acceptors (Lipinski definition) is 4. The fraction of sp³-hybridized carbons (Fsp3) is 0.455. The molecule has 0 bridgehead atoms. The minimum Gasteiger partial charge on any atom is -0.458 e. The molecule has 5 nitrogen and oxygen atoms in total. The Bertz CT molecular complexity index is 305. The van der Waals surface area contributed by atoms with Crippen LogP contribution < -0.4 is 0 Å². The molecule has 0 spiro atoms. The van der Waals surface area contributed by atoms with Crippen molar-refractivity contribution in [1.29, 1.82) is 0 Å². The van der Waals surface area contributed by atoms with Crippen molar-refractivity contribution in [1.82, 2.24) is 0 Å². The van der Waals surface area contributed by atoms with Gasteiger partial charge < -0.3 is 9.47 Å². The molecule has 0 aromatic heterocycles. The molecule has 89 valence electrons. The van der Waals surface area contributed by atoms with E-state index in [0.29, 0.717) is 0 Å². The molecule has 0 N–H and O–H groups in total. The lowest BCUT2D eigenvalue weighted by Crippen LogP contribution is -2.28. The van der Waals surface area contributed by atoms with E-state index in [9.17, 15) is 14.7 Å². The topological polar surface area (TPSA) is 72.5 Å². The molecule has 5 heteroatoms. The maximum absolute atomic E-state index is 11.1. The lowest BCUT2D eigenvalue weighted by atomic mass is 10.3. The van der Waals surface area contributed by atoms with Gasteiger partial charge in [0.15, 0.2) is 6.10 Å². The molecule has 0 aliphatic rings. The van der Waals surface area contributed by atoms with Crippen LogP contribution in [0.25, 0.3) is 0 Å². The van der Waals surface area contributed by atoms with Crippen LogP contribution in [0, 0.1) is 0 Å². The average molecular weight is 227 g/mol. The van der Waals surface area contributed by atoms with Crippen LogP contribution in [0.1, 0.15) is 13.8 Å². The van der Waals surface area contributed by atoms with Crippen LogP contribution >= 0.6 is 0 Å². The first-order valence-electron chi connectivity index (χ1n) is 4.65. The lowest BCUT2D eigenvalue weighted by Gasteiger charge is -2.14. The Balaban J connectivity index is 4.11. The van der Waals surface area contributed by atoms with Crippen molar-refractivity contribution in [2.24, 2.45) is 0 Å². The van der Waals surface area contributed by atoms with Gasteiger partial charge in [0.05, 0.1) is 0 Å². The molecule has 0 aliphatic heterocycles. The maximum Gasteiger partial charge on any atom is 0.333 e. The van der Waals surface area contributed by atoms with Crippen molar-refractivity contribution < 1.29 is 24.2 Å². The number of rotatable bonds is 6. The highest BCUT2D eigenvalue weighted by atomic mass is 16.6. The summed E-state index contributed by atoms with van der Waals surface area (Å²) in [6.45, 7) is 8.74. The van der Waals surface area contributed by atoms with Gasteiger partial charge in [0.25, 0.3) is 0 Å². The van der Waals surface area contributed by atoms with E-state index in [1.54, 1.807) is 0 Å². The lowest BCUT2D eigenvalue weighted by molar-refractivity contribution is -0.157. The van der Waals surface area contributed by atoms with E-state index in [1.807, 2.05) is 0 Å². The first kappa shape index (κ1) is 14.4. The van der Waals surface area contributed by atoms with E-state index in [2.05, 4.69) is 13.2 Å². The highest BCUT2D eigenvalue weighted by Gasteiger charge is 2.17. The summed E-state index contributed by atoms with van der Waals surface area (Å²) in [5.41, 5.74) is 0.403. The molecule has 0 aromatic carbocycles. The minimum atomic E-state index is -0.993. The molecular formula is C11H15O5. The van der Waals surface area contributed by atoms with Crippen molar-refractivity contribution in [2.45, 2.75) is 20.0 Å². The summed E-state index contributed by atoms with van der Waals surface area (Å²) in [6.07, 6.45) is -0.993. The van der Waals surface area contributed by atoms with Crippen LogP contribution in [0.5, 0.6) is 0 Å². The van der Waals surface area contributed by atoms with E-state index in [0.717, 1.165) is 0 Å². The summed E-state index contributed by atoms with van der Waals surface area (Å²) in [5.74, 6) is -1.29. The summed E-state index contributed by atoms with van der Waals surface area (Å²) >= 11 is 0. The van der Waals surface area contributed by atoms with Gasteiger partial charge in [-0.25, -0.2) is 14.7 Å². The van der Waals surface area contributed by atoms with E-state index in [-0.39, 0.29) is 17.8 Å². The standard InChI is InChI=1S/C11H15O5/c1-7(2)10(13)15-6-9(5-12)16-11(14)8(3)4/h9H,1,3,5-6H2,2,4H3. The normalized spacial score (nSPS) is 11.4. The smallest absolute Gasteiger partial charge is 0.333 e. The van der Waals surface area contributed by atoms with E-state index < -0.39 is 24.6 Å². The van der Waals surface area contributed by atoms with Crippen molar-refractivity contribution >= 4 is 11.9 Å². The van der Waals surface area contributed by atoms with Crippen LogP contribution in [0.3, 0.4) is 0 Å². The zero-order valence-corrected chi connectivity index (χ0v) is 9.45. The first-order valence-corrected chi connectivity index (χ1v) is 4.65. The van der Waals surface area contributed by atoms with Crippen molar-refractivity contribution in [2.75, 3.05) is 13.2 Å². The Morgan fingerprint density at radius 1 is 1.12 bits per heavy atom. The molecule has 1 radical (unpaired) electrons. The Morgan fingerprint density at radius 3 is 2.00 bits per heavy atom. The van der Waals surface area contributed by atoms with Gasteiger partial charge in [-0.1, -0.05) is 13.2 Å². The molecule has 0 fully saturated rings. The molecule has 0 saturated carbocycles. The summed E-state index contributed by atoms with van der Waals surface area (Å²) in [5, 5.41) is 10.6. The quantitative estimate of drug-likeness (QED) is 0.501. The fourth-order valence-electron chi connectivity index (χ4n) is 0.660. The SMILES string of the molecule is C=C(C)C(=O)OCC(C[O])OC(=O)C(=C)C. The average Bonchev–Trinajstić information content (AvgIpc) is 2.22. The first-order chi connectivity index (χ1) is 7.38. The molecular weight excluding hydrogens is 212 g/mol. The van der Waals surface area contributed by atoms with Crippen molar-refractivity contribution in [3.63, 3.8) is 0 Å². The highest BCUT2D eigenvalue weighted by molar-refractivity contribution is 5.87. The van der Waals surface area contributed by atoms with Gasteiger partial charge in [-0.15, -0.1) is 0 Å². The largest absolute Gasteiger partial charge is 0.458 e. The number of carbonyl (C=O) groups is 2. The number of hydrogen-bond donors (Lipinski definition) is 0. The maximum atomic E-state index is 11.1. The minimum absolute atomic E-state index is 0.185. The molecule has 16 heavy (non-hydrogen) atoms. The molecule has 1 atom stereocenters. The molecule has 0 rings (SSSR count). The van der Waals surface area contributed by atoms with Crippen molar-refractivity contribution in [3.05, 3.63) is 24.3 Å². The van der Waals surface area contributed by atoms with Crippen LogP contribution in [-0.4, -0.2) is 31.3 Å². The zero-order valence-electron chi connectivity index (χ0n) is 9.45. The molecule has 1 unspecified atom stereocenters.